The Morgan fingerprint density at radius 2 is 1.97 bits per heavy atom. The highest BCUT2D eigenvalue weighted by molar-refractivity contribution is 7.21. The topological polar surface area (TPSA) is 107 Å². The van der Waals surface area contributed by atoms with Gasteiger partial charge in [0, 0.05) is 12.0 Å². The van der Waals surface area contributed by atoms with Crippen molar-refractivity contribution in [3.63, 3.8) is 0 Å². The van der Waals surface area contributed by atoms with Crippen molar-refractivity contribution < 1.29 is 22.6 Å². The molecule has 3 aliphatic rings. The smallest absolute Gasteiger partial charge is 0.364 e. The number of nitrogens with one attached hydrogen (secondary N) is 2. The predicted molar refractivity (Wildman–Crippen MR) is 126 cm³/mol. The number of rotatable bonds is 5. The molecule has 5 atom stereocenters. The molecule has 1 aliphatic heterocycles. The average molecular weight is 507 g/mol. The van der Waals surface area contributed by atoms with Crippen molar-refractivity contribution in [2.75, 3.05) is 17.2 Å². The van der Waals surface area contributed by atoms with Crippen LogP contribution >= 0.6 is 11.3 Å². The summed E-state index contributed by atoms with van der Waals surface area (Å²) in [6.07, 6.45) is -4.00. The summed E-state index contributed by atoms with van der Waals surface area (Å²) in [7, 11) is 0. The minimum Gasteiger partial charge on any atom is -0.364 e. The van der Waals surface area contributed by atoms with E-state index in [1.165, 1.54) is 11.3 Å². The predicted octanol–water partition coefficient (Wildman–Crippen LogP) is 4.07. The first-order chi connectivity index (χ1) is 16.5. The van der Waals surface area contributed by atoms with E-state index < -0.39 is 24.1 Å². The number of halogens is 3. The molecule has 3 fully saturated rings. The Balaban J connectivity index is 1.38. The van der Waals surface area contributed by atoms with E-state index >= 15 is 0 Å². The molecule has 2 aromatic heterocycles. The van der Waals surface area contributed by atoms with Gasteiger partial charge < -0.3 is 25.8 Å². The molecule has 1 aromatic carbocycles. The lowest BCUT2D eigenvalue weighted by molar-refractivity contribution is -0.155. The van der Waals surface area contributed by atoms with Crippen molar-refractivity contribution in [3.05, 3.63) is 30.0 Å². The van der Waals surface area contributed by atoms with Gasteiger partial charge in [-0.25, -0.2) is 9.97 Å². The van der Waals surface area contributed by atoms with E-state index in [1.54, 1.807) is 6.92 Å². The maximum absolute atomic E-state index is 12.9. The zero-order valence-corrected chi connectivity index (χ0v) is 20.1. The fourth-order valence-corrected chi connectivity index (χ4v) is 6.60. The number of thiazole rings is 1. The first-order valence-electron chi connectivity index (χ1n) is 11.4. The maximum Gasteiger partial charge on any atom is 0.405 e. The molecule has 0 radical (unpaired) electrons. The molecule has 0 bridgehead atoms. The lowest BCUT2D eigenvalue weighted by Gasteiger charge is -2.26. The van der Waals surface area contributed by atoms with Gasteiger partial charge in [0.15, 0.2) is 5.79 Å². The first-order valence-corrected chi connectivity index (χ1v) is 12.2. The zero-order chi connectivity index (χ0) is 24.8. The van der Waals surface area contributed by atoms with Crippen molar-refractivity contribution in [2.45, 2.75) is 62.9 Å². The minimum atomic E-state index is -4.40. The summed E-state index contributed by atoms with van der Waals surface area (Å²) in [6, 6.07) is 7.45. The normalized spacial score (nSPS) is 30.8. The Morgan fingerprint density at radius 1 is 1.20 bits per heavy atom. The minimum absolute atomic E-state index is 0.104. The lowest BCUT2D eigenvalue weighted by Crippen LogP contribution is -2.42. The lowest BCUT2D eigenvalue weighted by atomic mass is 10.1. The first kappa shape index (κ1) is 22.9. The number of nitrogens with zero attached hydrogens (tertiary/aromatic N) is 3. The number of alkyl halides is 3. The van der Waals surface area contributed by atoms with Crippen LogP contribution in [0.15, 0.2) is 24.3 Å². The van der Waals surface area contributed by atoms with E-state index in [0.717, 1.165) is 10.2 Å². The number of benzene rings is 1. The van der Waals surface area contributed by atoms with Crippen LogP contribution in [-0.4, -0.2) is 57.2 Å². The van der Waals surface area contributed by atoms with Crippen LogP contribution in [-0.2, 0) is 9.47 Å². The molecule has 2 saturated carbocycles. The second-order valence-electron chi connectivity index (χ2n) is 9.82. The van der Waals surface area contributed by atoms with Crippen LogP contribution < -0.4 is 16.4 Å². The molecular weight excluding hydrogens is 481 g/mol. The van der Waals surface area contributed by atoms with Crippen LogP contribution in [0.3, 0.4) is 0 Å². The third kappa shape index (κ3) is 3.74. The van der Waals surface area contributed by atoms with Crippen molar-refractivity contribution in [3.8, 4) is 10.6 Å². The maximum atomic E-state index is 12.9. The second kappa shape index (κ2) is 7.48. The summed E-state index contributed by atoms with van der Waals surface area (Å²) < 4.78 is 52.0. The molecule has 1 saturated heterocycles. The third-order valence-corrected chi connectivity index (χ3v) is 8.00. The molecule has 1 spiro atoms. The van der Waals surface area contributed by atoms with E-state index in [4.69, 9.17) is 20.2 Å². The van der Waals surface area contributed by atoms with Crippen molar-refractivity contribution >= 4 is 33.3 Å². The van der Waals surface area contributed by atoms with E-state index in [9.17, 15) is 13.2 Å². The fourth-order valence-electron chi connectivity index (χ4n) is 5.54. The highest BCUT2D eigenvalue weighted by atomic mass is 32.1. The molecular formula is C23H25F3N6O2S. The van der Waals surface area contributed by atoms with Crippen LogP contribution in [0, 0.1) is 12.8 Å². The number of hydrogen-bond donors (Lipinski definition) is 3. The van der Waals surface area contributed by atoms with Crippen LogP contribution in [0.4, 0.5) is 24.9 Å². The Morgan fingerprint density at radius 3 is 2.71 bits per heavy atom. The van der Waals surface area contributed by atoms with Crippen molar-refractivity contribution in [2.24, 2.45) is 11.7 Å². The molecule has 12 heteroatoms. The van der Waals surface area contributed by atoms with Crippen molar-refractivity contribution in [1.29, 1.82) is 0 Å². The molecule has 8 nitrogen and oxygen atoms in total. The second-order valence-corrected chi connectivity index (χ2v) is 10.9. The molecule has 0 amide bonds. The molecule has 2 aliphatic carbocycles. The van der Waals surface area contributed by atoms with E-state index in [1.807, 2.05) is 38.1 Å². The summed E-state index contributed by atoms with van der Waals surface area (Å²) in [5.41, 5.74) is 7.79. The van der Waals surface area contributed by atoms with Crippen LogP contribution in [0.2, 0.25) is 0 Å². The van der Waals surface area contributed by atoms with E-state index in [-0.39, 0.29) is 30.1 Å². The molecule has 6 rings (SSSR count). The van der Waals surface area contributed by atoms with Gasteiger partial charge in [-0.3, -0.25) is 0 Å². The monoisotopic (exact) mass is 506 g/mol. The van der Waals surface area contributed by atoms with Crippen LogP contribution in [0.5, 0.6) is 0 Å². The van der Waals surface area contributed by atoms with Gasteiger partial charge in [0.2, 0.25) is 5.95 Å². The van der Waals surface area contributed by atoms with E-state index in [2.05, 4.69) is 20.6 Å². The van der Waals surface area contributed by atoms with Gasteiger partial charge >= 0.3 is 6.18 Å². The number of para-hydroxylation sites is 1. The fraction of sp³-hybridized carbons (Fsp3) is 0.522. The Hall–Kier alpha value is -2.54. The molecule has 35 heavy (non-hydrogen) atoms. The Labute approximate surface area is 203 Å². The third-order valence-electron chi connectivity index (χ3n) is 6.94. The molecule has 1 unspecified atom stereocenters. The number of aryl methyl sites for hydroxylation is 1. The van der Waals surface area contributed by atoms with Gasteiger partial charge in [0.05, 0.1) is 27.5 Å². The van der Waals surface area contributed by atoms with Crippen LogP contribution in [0.1, 0.15) is 26.0 Å². The van der Waals surface area contributed by atoms with Gasteiger partial charge in [-0.05, 0) is 39.3 Å². The standard InChI is InChI=1S/C23H25F3N6O2S/c1-10-15(19-31-12-6-4-5-7-14(12)35-19)18(32-20(29-10)28-9-22(24,25)26)30-13-8-11-16(27)23(11)17(13)33-21(2,3)34-23/h4-7,11,13,16-17H,8-9,27H2,1-3H3,(H2,28,29,30,32)/t11-,13-,16?,17+,23+/m1/s1. The number of aromatic nitrogens is 3. The van der Waals surface area contributed by atoms with Crippen LogP contribution in [0.25, 0.3) is 20.8 Å². The van der Waals surface area contributed by atoms with Gasteiger partial charge in [-0.2, -0.15) is 18.2 Å². The quantitative estimate of drug-likeness (QED) is 0.476. The Bertz CT molecular complexity index is 1280. The summed E-state index contributed by atoms with van der Waals surface area (Å²) in [5.74, 6) is -0.326. The SMILES string of the molecule is Cc1nc(NCC(F)(F)F)nc(N[C@@H]2C[C@@H]3C(N)[C@@]34OC(C)(C)O[C@@H]24)c1-c1nc2ccccc2s1. The van der Waals surface area contributed by atoms with Gasteiger partial charge in [-0.1, -0.05) is 12.1 Å². The Kier molecular flexibility index (Phi) is 4.89. The van der Waals surface area contributed by atoms with E-state index in [0.29, 0.717) is 28.5 Å². The van der Waals surface area contributed by atoms with Gasteiger partial charge in [-0.15, -0.1) is 11.3 Å². The number of hydrogen-bond acceptors (Lipinski definition) is 9. The summed E-state index contributed by atoms with van der Waals surface area (Å²) in [5, 5.41) is 6.44. The number of anilines is 2. The number of ether oxygens (including phenoxy) is 2. The molecule has 4 N–H and O–H groups in total. The van der Waals surface area contributed by atoms with Gasteiger partial charge in [0.25, 0.3) is 0 Å². The highest BCUT2D eigenvalue weighted by Crippen LogP contribution is 2.64. The van der Waals surface area contributed by atoms with Gasteiger partial charge in [0.1, 0.15) is 29.1 Å². The molecule has 186 valence electrons. The average Bonchev–Trinajstić information content (AvgIpc) is 3.12. The summed E-state index contributed by atoms with van der Waals surface area (Å²) in [4.78, 5) is 13.5. The largest absolute Gasteiger partial charge is 0.405 e. The highest BCUT2D eigenvalue weighted by Gasteiger charge is 2.80. The zero-order valence-electron chi connectivity index (χ0n) is 19.3. The summed E-state index contributed by atoms with van der Waals surface area (Å²) in [6.45, 7) is 4.23. The molecule has 3 aromatic rings. The van der Waals surface area contributed by atoms with Crippen molar-refractivity contribution in [1.82, 2.24) is 15.0 Å². The number of fused-ring (bicyclic) bond motifs is 1. The number of nitrogens with two attached hydrogens (primary N) is 1. The summed E-state index contributed by atoms with van der Waals surface area (Å²) >= 11 is 1.48. The molecule has 3 heterocycles.